The summed E-state index contributed by atoms with van der Waals surface area (Å²) in [5, 5.41) is 33.5. The third-order valence-corrected chi connectivity index (χ3v) is 0.841. The van der Waals surface area contributed by atoms with Crippen LogP contribution in [0.15, 0.2) is 11.5 Å². The third-order valence-electron chi connectivity index (χ3n) is 0.841. The van der Waals surface area contributed by atoms with Gasteiger partial charge in [0.15, 0.2) is 5.76 Å². The lowest BCUT2D eigenvalue weighted by Crippen LogP contribution is -2.12. The molecule has 58 valence electrons. The molecule has 0 amide bonds. The van der Waals surface area contributed by atoms with Crippen LogP contribution >= 0.6 is 0 Å². The van der Waals surface area contributed by atoms with Crippen LogP contribution in [0.5, 0.6) is 0 Å². The van der Waals surface area contributed by atoms with Crippen molar-refractivity contribution >= 4 is 5.97 Å². The van der Waals surface area contributed by atoms with Gasteiger partial charge in [0.1, 0.15) is 6.10 Å². The second-order valence-electron chi connectivity index (χ2n) is 1.71. The molecule has 5 heteroatoms. The van der Waals surface area contributed by atoms with Crippen LogP contribution in [0.1, 0.15) is 6.92 Å². The molecule has 0 spiro atoms. The molecule has 0 aliphatic heterocycles. The van der Waals surface area contributed by atoms with Crippen LogP contribution in [0.3, 0.4) is 0 Å². The van der Waals surface area contributed by atoms with Gasteiger partial charge in [0.25, 0.3) is 0 Å². The smallest absolute Gasteiger partial charge is 0.374 e. The molecule has 0 fully saturated rings. The molecule has 0 bridgehead atoms. The lowest BCUT2D eigenvalue weighted by atomic mass is 10.3. The van der Waals surface area contributed by atoms with E-state index in [9.17, 15) is 4.79 Å². The van der Waals surface area contributed by atoms with E-state index in [-0.39, 0.29) is 0 Å². The molecule has 0 saturated heterocycles. The first-order chi connectivity index (χ1) is 4.46. The molecule has 0 radical (unpaired) electrons. The fourth-order valence-corrected chi connectivity index (χ4v) is 0.307. The average Bonchev–Trinajstić information content (AvgIpc) is 1.84. The zero-order chi connectivity index (χ0) is 8.31. The van der Waals surface area contributed by atoms with Gasteiger partial charge in [-0.25, -0.2) is 4.79 Å². The minimum Gasteiger partial charge on any atom is -0.506 e. The molecule has 0 aromatic heterocycles. The van der Waals surface area contributed by atoms with Crippen molar-refractivity contribution in [2.24, 2.45) is 0 Å². The fourth-order valence-electron chi connectivity index (χ4n) is 0.307. The highest BCUT2D eigenvalue weighted by molar-refractivity contribution is 5.84. The summed E-state index contributed by atoms with van der Waals surface area (Å²) in [6.07, 6.45) is -1.36. The molecule has 0 aliphatic rings. The Hall–Kier alpha value is -1.23. The Morgan fingerprint density at radius 3 is 1.80 bits per heavy atom. The van der Waals surface area contributed by atoms with Crippen LogP contribution in [0, 0.1) is 0 Å². The quantitative estimate of drug-likeness (QED) is 0.320. The van der Waals surface area contributed by atoms with Crippen molar-refractivity contribution in [3.63, 3.8) is 0 Å². The predicted molar refractivity (Wildman–Crippen MR) is 31.6 cm³/mol. The van der Waals surface area contributed by atoms with E-state index in [1.165, 1.54) is 0 Å². The lowest BCUT2D eigenvalue weighted by Gasteiger charge is -2.02. The average molecular weight is 148 g/mol. The number of aliphatic carboxylic acids is 1. The van der Waals surface area contributed by atoms with E-state index in [2.05, 4.69) is 0 Å². The summed E-state index contributed by atoms with van der Waals surface area (Å²) in [7, 11) is 0. The first-order valence-electron chi connectivity index (χ1n) is 2.50. The third kappa shape index (κ3) is 1.94. The number of aliphatic hydroxyl groups is 3. The number of hydrogen-bond acceptors (Lipinski definition) is 4. The van der Waals surface area contributed by atoms with Crippen LogP contribution < -0.4 is 0 Å². The summed E-state index contributed by atoms with van der Waals surface area (Å²) in [5.74, 6) is -3.83. The Bertz CT molecular complexity index is 169. The second-order valence-corrected chi connectivity index (χ2v) is 1.71. The number of aliphatic hydroxyl groups excluding tert-OH is 3. The van der Waals surface area contributed by atoms with Crippen molar-refractivity contribution in [1.29, 1.82) is 0 Å². The number of hydrogen-bond donors (Lipinski definition) is 4. The first kappa shape index (κ1) is 8.77. The normalized spacial score (nSPS) is 15.8. The van der Waals surface area contributed by atoms with Crippen LogP contribution in [-0.2, 0) is 4.79 Å². The first-order valence-corrected chi connectivity index (χ1v) is 2.50. The minimum absolute atomic E-state index is 0.937. The van der Waals surface area contributed by atoms with Crippen molar-refractivity contribution in [2.45, 2.75) is 13.0 Å². The lowest BCUT2D eigenvalue weighted by molar-refractivity contribution is -0.136. The van der Waals surface area contributed by atoms with Gasteiger partial charge in [-0.2, -0.15) is 0 Å². The minimum atomic E-state index is -1.67. The SMILES string of the molecule is CC(O)/C(O)=C(\O)C(=O)O. The maximum absolute atomic E-state index is 9.87. The van der Waals surface area contributed by atoms with Gasteiger partial charge in [0, 0.05) is 0 Å². The van der Waals surface area contributed by atoms with E-state index >= 15 is 0 Å². The van der Waals surface area contributed by atoms with Gasteiger partial charge >= 0.3 is 5.97 Å². The van der Waals surface area contributed by atoms with Gasteiger partial charge in [-0.15, -0.1) is 0 Å². The Balaban J connectivity index is 4.50. The van der Waals surface area contributed by atoms with Crippen LogP contribution in [0.4, 0.5) is 0 Å². The van der Waals surface area contributed by atoms with Crippen molar-refractivity contribution in [3.8, 4) is 0 Å². The number of rotatable bonds is 2. The molecule has 0 heterocycles. The van der Waals surface area contributed by atoms with Gasteiger partial charge in [-0.3, -0.25) is 0 Å². The van der Waals surface area contributed by atoms with Gasteiger partial charge in [-0.1, -0.05) is 0 Å². The molecule has 1 unspecified atom stereocenters. The monoisotopic (exact) mass is 148 g/mol. The standard InChI is InChI=1S/C5H8O5/c1-2(6)3(7)4(8)5(9)10/h2,6-8H,1H3,(H,9,10)/b4-3+. The van der Waals surface area contributed by atoms with Gasteiger partial charge in [0.2, 0.25) is 5.76 Å². The topological polar surface area (TPSA) is 98.0 Å². The van der Waals surface area contributed by atoms with E-state index in [0.717, 1.165) is 6.92 Å². The van der Waals surface area contributed by atoms with Crippen LogP contribution in [0.2, 0.25) is 0 Å². The van der Waals surface area contributed by atoms with Crippen LogP contribution in [-0.4, -0.2) is 32.5 Å². The van der Waals surface area contributed by atoms with Crippen LogP contribution in [0.25, 0.3) is 0 Å². The Kier molecular flexibility index (Phi) is 2.69. The Labute approximate surface area is 56.8 Å². The summed E-state index contributed by atoms with van der Waals surface area (Å²) in [5.41, 5.74) is 0. The molecule has 10 heavy (non-hydrogen) atoms. The highest BCUT2D eigenvalue weighted by atomic mass is 16.4. The van der Waals surface area contributed by atoms with Gasteiger partial charge in [0.05, 0.1) is 0 Å². The zero-order valence-corrected chi connectivity index (χ0v) is 5.27. The summed E-state index contributed by atoms with van der Waals surface area (Å²) in [6.45, 7) is 1.13. The Morgan fingerprint density at radius 2 is 1.70 bits per heavy atom. The number of carboxylic acids is 1. The highest BCUT2D eigenvalue weighted by Crippen LogP contribution is 2.02. The number of carboxylic acid groups (broad SMARTS) is 1. The molecule has 0 aliphatic carbocycles. The molecule has 0 aromatic carbocycles. The largest absolute Gasteiger partial charge is 0.506 e. The molecule has 0 rings (SSSR count). The summed E-state index contributed by atoms with van der Waals surface area (Å²) in [6, 6.07) is 0. The highest BCUT2D eigenvalue weighted by Gasteiger charge is 2.15. The summed E-state index contributed by atoms with van der Waals surface area (Å²) < 4.78 is 0. The van der Waals surface area contributed by atoms with E-state index in [4.69, 9.17) is 20.4 Å². The molecule has 4 N–H and O–H groups in total. The maximum Gasteiger partial charge on any atom is 0.374 e. The molecule has 0 aromatic rings. The molecule has 1 atom stereocenters. The van der Waals surface area contributed by atoms with E-state index < -0.39 is 23.6 Å². The molecule has 0 saturated carbocycles. The Morgan fingerprint density at radius 1 is 1.30 bits per heavy atom. The van der Waals surface area contributed by atoms with Gasteiger partial charge in [-0.05, 0) is 6.92 Å². The molecular formula is C5H8O5. The predicted octanol–water partition coefficient (Wildman–Crippen LogP) is -0.221. The van der Waals surface area contributed by atoms with E-state index in [0.29, 0.717) is 0 Å². The molecular weight excluding hydrogens is 140 g/mol. The number of carbonyl (C=O) groups is 1. The van der Waals surface area contributed by atoms with Crippen molar-refractivity contribution in [3.05, 3.63) is 11.5 Å². The van der Waals surface area contributed by atoms with Crippen molar-refractivity contribution in [2.75, 3.05) is 0 Å². The van der Waals surface area contributed by atoms with Gasteiger partial charge < -0.3 is 20.4 Å². The summed E-state index contributed by atoms with van der Waals surface area (Å²) >= 11 is 0. The zero-order valence-electron chi connectivity index (χ0n) is 5.27. The van der Waals surface area contributed by atoms with E-state index in [1.54, 1.807) is 0 Å². The summed E-state index contributed by atoms with van der Waals surface area (Å²) in [4.78, 5) is 9.87. The van der Waals surface area contributed by atoms with Crippen molar-refractivity contribution in [1.82, 2.24) is 0 Å². The maximum atomic E-state index is 9.87. The molecule has 5 nitrogen and oxygen atoms in total. The second kappa shape index (κ2) is 3.07. The van der Waals surface area contributed by atoms with E-state index in [1.807, 2.05) is 0 Å². The van der Waals surface area contributed by atoms with Crippen molar-refractivity contribution < 1.29 is 25.2 Å². The fraction of sp³-hybridized carbons (Fsp3) is 0.400.